The van der Waals surface area contributed by atoms with Gasteiger partial charge >= 0.3 is 0 Å². The molecule has 2 saturated heterocycles. The third-order valence-electron chi connectivity index (χ3n) is 5.43. The van der Waals surface area contributed by atoms with Gasteiger partial charge in [0.1, 0.15) is 4.90 Å². The van der Waals surface area contributed by atoms with Crippen molar-refractivity contribution >= 4 is 20.0 Å². The smallest absolute Gasteiger partial charge is 0.244 e. The predicted molar refractivity (Wildman–Crippen MR) is 103 cm³/mol. The summed E-state index contributed by atoms with van der Waals surface area (Å²) >= 11 is 0. The summed E-state index contributed by atoms with van der Waals surface area (Å²) in [6.07, 6.45) is 5.95. The van der Waals surface area contributed by atoms with Crippen LogP contribution in [0.3, 0.4) is 0 Å². The van der Waals surface area contributed by atoms with E-state index in [1.54, 1.807) is 6.07 Å². The molecule has 2 aromatic rings. The second-order valence-electron chi connectivity index (χ2n) is 7.56. The predicted octanol–water partition coefficient (Wildman–Crippen LogP) is 0.467. The van der Waals surface area contributed by atoms with E-state index in [9.17, 15) is 16.8 Å². The third-order valence-corrected chi connectivity index (χ3v) is 8.55. The Morgan fingerprint density at radius 2 is 1.86 bits per heavy atom. The molecule has 0 aliphatic carbocycles. The lowest BCUT2D eigenvalue weighted by Gasteiger charge is -2.37. The van der Waals surface area contributed by atoms with E-state index in [0.29, 0.717) is 57.2 Å². The highest BCUT2D eigenvalue weighted by Gasteiger charge is 2.38. The lowest BCUT2D eigenvalue weighted by molar-refractivity contribution is 0.186. The summed E-state index contributed by atoms with van der Waals surface area (Å²) in [5.74, 6) is 1.30. The summed E-state index contributed by atoms with van der Waals surface area (Å²) in [5, 5.41) is 4.06. The second-order valence-corrected chi connectivity index (χ2v) is 11.5. The minimum Gasteiger partial charge on any atom is -0.339 e. The van der Waals surface area contributed by atoms with Crippen LogP contribution in [0, 0.1) is 5.92 Å². The molecule has 0 bridgehead atoms. The van der Waals surface area contributed by atoms with Crippen LogP contribution in [0.4, 0.5) is 0 Å². The molecule has 10 nitrogen and oxygen atoms in total. The van der Waals surface area contributed by atoms with Crippen LogP contribution in [-0.2, 0) is 26.5 Å². The van der Waals surface area contributed by atoms with Crippen LogP contribution in [0.2, 0.25) is 0 Å². The molecular weight excluding hydrogens is 418 g/mol. The molecule has 2 aromatic heterocycles. The maximum absolute atomic E-state index is 12.5. The third kappa shape index (κ3) is 4.34. The minimum absolute atomic E-state index is 0.0781. The standard InChI is InChI=1S/C17H23N5O5S2/c1-28(23,24)21-7-4-14(5-8-21)17-19-16(27-20-17)9-13-11-22(12-13)29(25,26)15-3-2-6-18-10-15/h2-3,6,10,13-14H,4-5,7-9,11-12H2,1H3. The summed E-state index contributed by atoms with van der Waals surface area (Å²) < 4.78 is 56.5. The Morgan fingerprint density at radius 1 is 1.14 bits per heavy atom. The summed E-state index contributed by atoms with van der Waals surface area (Å²) in [6, 6.07) is 3.14. The number of nitrogens with zero attached hydrogens (tertiary/aromatic N) is 5. The average Bonchev–Trinajstić information content (AvgIpc) is 3.13. The van der Waals surface area contributed by atoms with Crippen LogP contribution in [0.5, 0.6) is 0 Å². The van der Waals surface area contributed by atoms with Crippen molar-refractivity contribution in [2.75, 3.05) is 32.4 Å². The summed E-state index contributed by atoms with van der Waals surface area (Å²) in [4.78, 5) is 8.53. The fourth-order valence-electron chi connectivity index (χ4n) is 3.71. The van der Waals surface area contributed by atoms with E-state index in [-0.39, 0.29) is 16.7 Å². The van der Waals surface area contributed by atoms with Gasteiger partial charge in [0.15, 0.2) is 5.82 Å². The van der Waals surface area contributed by atoms with Crippen LogP contribution in [-0.4, -0.2) is 73.0 Å². The van der Waals surface area contributed by atoms with E-state index in [2.05, 4.69) is 15.1 Å². The Hall–Kier alpha value is -1.89. The molecule has 0 atom stereocenters. The fraction of sp³-hybridized carbons (Fsp3) is 0.588. The Kier molecular flexibility index (Phi) is 5.44. The molecule has 4 rings (SSSR count). The molecule has 0 radical (unpaired) electrons. The number of hydrogen-bond donors (Lipinski definition) is 0. The van der Waals surface area contributed by atoms with Gasteiger partial charge in [0.25, 0.3) is 0 Å². The molecule has 0 N–H and O–H groups in total. The van der Waals surface area contributed by atoms with E-state index in [1.165, 1.54) is 33.3 Å². The number of rotatable bonds is 6. The first kappa shape index (κ1) is 20.4. The van der Waals surface area contributed by atoms with Gasteiger partial charge in [-0.3, -0.25) is 4.98 Å². The van der Waals surface area contributed by atoms with Crippen molar-refractivity contribution in [3.05, 3.63) is 36.2 Å². The van der Waals surface area contributed by atoms with Crippen molar-refractivity contribution in [2.45, 2.75) is 30.1 Å². The van der Waals surface area contributed by atoms with Gasteiger partial charge in [-0.2, -0.15) is 9.29 Å². The molecular formula is C17H23N5O5S2. The fourth-order valence-corrected chi connectivity index (χ4v) is 6.14. The van der Waals surface area contributed by atoms with Gasteiger partial charge in [-0.15, -0.1) is 0 Å². The summed E-state index contributed by atoms with van der Waals surface area (Å²) in [6.45, 7) is 1.72. The van der Waals surface area contributed by atoms with Gasteiger partial charge in [-0.1, -0.05) is 5.16 Å². The van der Waals surface area contributed by atoms with Crippen molar-refractivity contribution in [1.82, 2.24) is 23.7 Å². The van der Waals surface area contributed by atoms with Crippen molar-refractivity contribution in [2.24, 2.45) is 5.92 Å². The molecule has 2 aliphatic heterocycles. The quantitative estimate of drug-likeness (QED) is 0.633. The Balaban J connectivity index is 1.30. The first-order chi connectivity index (χ1) is 13.7. The topological polar surface area (TPSA) is 127 Å². The molecule has 0 aromatic carbocycles. The van der Waals surface area contributed by atoms with Gasteiger partial charge in [0, 0.05) is 50.9 Å². The van der Waals surface area contributed by atoms with Crippen molar-refractivity contribution in [3.8, 4) is 0 Å². The van der Waals surface area contributed by atoms with Crippen LogP contribution in [0.25, 0.3) is 0 Å². The van der Waals surface area contributed by atoms with Crippen molar-refractivity contribution in [1.29, 1.82) is 0 Å². The highest BCUT2D eigenvalue weighted by molar-refractivity contribution is 7.89. The largest absolute Gasteiger partial charge is 0.339 e. The summed E-state index contributed by atoms with van der Waals surface area (Å²) in [5.41, 5.74) is 0. The molecule has 0 saturated carbocycles. The molecule has 158 valence electrons. The monoisotopic (exact) mass is 441 g/mol. The van der Waals surface area contributed by atoms with Gasteiger partial charge in [0.05, 0.1) is 6.26 Å². The van der Waals surface area contributed by atoms with E-state index in [1.807, 2.05) is 0 Å². The van der Waals surface area contributed by atoms with Crippen LogP contribution >= 0.6 is 0 Å². The molecule has 12 heteroatoms. The van der Waals surface area contributed by atoms with E-state index < -0.39 is 20.0 Å². The lowest BCUT2D eigenvalue weighted by Crippen LogP contribution is -2.50. The first-order valence-electron chi connectivity index (χ1n) is 9.41. The highest BCUT2D eigenvalue weighted by Crippen LogP contribution is 2.29. The zero-order valence-corrected chi connectivity index (χ0v) is 17.6. The van der Waals surface area contributed by atoms with Crippen LogP contribution < -0.4 is 0 Å². The minimum atomic E-state index is -3.51. The normalized spacial score (nSPS) is 20.6. The van der Waals surface area contributed by atoms with Crippen LogP contribution in [0.15, 0.2) is 33.9 Å². The SMILES string of the molecule is CS(=O)(=O)N1CCC(c2noc(CC3CN(S(=O)(=O)c4cccnc4)C3)n2)CC1. The Morgan fingerprint density at radius 3 is 2.48 bits per heavy atom. The number of hydrogen-bond acceptors (Lipinski definition) is 8. The highest BCUT2D eigenvalue weighted by atomic mass is 32.2. The molecule has 0 unspecified atom stereocenters. The van der Waals surface area contributed by atoms with E-state index in [4.69, 9.17) is 4.52 Å². The molecule has 29 heavy (non-hydrogen) atoms. The van der Waals surface area contributed by atoms with Crippen molar-refractivity contribution in [3.63, 3.8) is 0 Å². The maximum atomic E-state index is 12.5. The molecule has 2 aliphatic rings. The second kappa shape index (κ2) is 7.74. The number of sulfonamides is 2. The average molecular weight is 442 g/mol. The Labute approximate surface area is 170 Å². The van der Waals surface area contributed by atoms with Crippen molar-refractivity contribution < 1.29 is 21.4 Å². The number of pyridine rings is 1. The van der Waals surface area contributed by atoms with Crippen LogP contribution in [0.1, 0.15) is 30.5 Å². The summed E-state index contributed by atoms with van der Waals surface area (Å²) in [7, 11) is -6.67. The zero-order chi connectivity index (χ0) is 20.6. The van der Waals surface area contributed by atoms with Gasteiger partial charge in [0.2, 0.25) is 25.9 Å². The Bertz CT molecular complexity index is 1060. The van der Waals surface area contributed by atoms with E-state index >= 15 is 0 Å². The molecule has 0 spiro atoms. The number of aromatic nitrogens is 3. The molecule has 2 fully saturated rings. The molecule has 0 amide bonds. The van der Waals surface area contributed by atoms with Gasteiger partial charge in [-0.05, 0) is 30.9 Å². The molecule has 4 heterocycles. The number of piperidine rings is 1. The zero-order valence-electron chi connectivity index (χ0n) is 16.0. The van der Waals surface area contributed by atoms with Gasteiger partial charge < -0.3 is 4.52 Å². The lowest BCUT2D eigenvalue weighted by atomic mass is 9.97. The van der Waals surface area contributed by atoms with E-state index in [0.717, 1.165) is 0 Å². The van der Waals surface area contributed by atoms with Gasteiger partial charge in [-0.25, -0.2) is 21.1 Å². The maximum Gasteiger partial charge on any atom is 0.244 e. The first-order valence-corrected chi connectivity index (χ1v) is 12.7.